The highest BCUT2D eigenvalue weighted by molar-refractivity contribution is 6.33. The van der Waals surface area contributed by atoms with Gasteiger partial charge in [0.25, 0.3) is 0 Å². The minimum Gasteiger partial charge on any atom is -0.294 e. The molecule has 0 amide bonds. The average Bonchev–Trinajstić information content (AvgIpc) is 2.29. The third kappa shape index (κ3) is 2.06. The van der Waals surface area contributed by atoms with Crippen LogP contribution in [0.2, 0.25) is 0 Å². The lowest BCUT2D eigenvalue weighted by atomic mass is 10.1. The third-order valence-electron chi connectivity index (χ3n) is 2.02. The van der Waals surface area contributed by atoms with E-state index in [1.165, 1.54) is 0 Å². The Morgan fingerprint density at radius 2 is 2.18 bits per heavy atom. The summed E-state index contributed by atoms with van der Waals surface area (Å²) < 4.78 is 0. The molecule has 0 radical (unpaired) electrons. The molecular weight excluding hydrogens is 160 g/mol. The smallest absolute Gasteiger partial charge is 0.160 e. The summed E-state index contributed by atoms with van der Waals surface area (Å²) in [6.07, 6.45) is 4.50. The van der Waals surface area contributed by atoms with Gasteiger partial charge in [-0.15, -0.1) is 0 Å². The van der Waals surface area contributed by atoms with Gasteiger partial charge in [-0.25, -0.2) is 0 Å². The first kappa shape index (κ1) is 8.79. The molecule has 0 spiro atoms. The Hall–Kier alpha value is -0.300. The summed E-state index contributed by atoms with van der Waals surface area (Å²) in [7, 11) is 0. The van der Waals surface area contributed by atoms with Gasteiger partial charge in [-0.3, -0.25) is 4.79 Å². The Morgan fingerprint density at radius 3 is 2.64 bits per heavy atom. The number of ketones is 1. The summed E-state index contributed by atoms with van der Waals surface area (Å²) in [5.41, 5.74) is 0.897. The van der Waals surface area contributed by atoms with Crippen LogP contribution in [0.5, 0.6) is 0 Å². The zero-order valence-corrected chi connectivity index (χ0v) is 7.58. The van der Waals surface area contributed by atoms with E-state index in [1.807, 2.05) is 0 Å². The molecule has 0 atom stereocenters. The summed E-state index contributed by atoms with van der Waals surface area (Å²) in [5, 5.41) is 0.809. The number of allylic oxidation sites excluding steroid dienone is 2. The summed E-state index contributed by atoms with van der Waals surface area (Å²) in [6, 6.07) is 0. The van der Waals surface area contributed by atoms with Crippen molar-refractivity contribution in [2.45, 2.75) is 39.0 Å². The van der Waals surface area contributed by atoms with E-state index in [2.05, 4.69) is 6.92 Å². The Morgan fingerprint density at radius 1 is 1.45 bits per heavy atom. The molecule has 0 aromatic heterocycles. The van der Waals surface area contributed by atoms with Gasteiger partial charge in [0.05, 0.1) is 0 Å². The quantitative estimate of drug-likeness (QED) is 0.640. The number of hydrogen-bond donors (Lipinski definition) is 0. The molecule has 0 heterocycles. The first-order chi connectivity index (χ1) is 5.25. The number of carbonyl (C=O) groups excluding carboxylic acids is 1. The lowest BCUT2D eigenvalue weighted by Gasteiger charge is -1.98. The second-order valence-electron chi connectivity index (χ2n) is 2.91. The fourth-order valence-corrected chi connectivity index (χ4v) is 1.60. The van der Waals surface area contributed by atoms with Gasteiger partial charge in [0.2, 0.25) is 0 Å². The SMILES string of the molecule is CCCCC1=C(Cl)CCC1=O. The summed E-state index contributed by atoms with van der Waals surface area (Å²) in [5.74, 6) is 0.267. The molecule has 0 aliphatic heterocycles. The topological polar surface area (TPSA) is 17.1 Å². The Labute approximate surface area is 72.4 Å². The van der Waals surface area contributed by atoms with Crippen molar-refractivity contribution in [3.8, 4) is 0 Å². The predicted octanol–water partition coefficient (Wildman–Crippen LogP) is 3.03. The van der Waals surface area contributed by atoms with Crippen LogP contribution in [0, 0.1) is 0 Å². The fraction of sp³-hybridized carbons (Fsp3) is 0.667. The zero-order chi connectivity index (χ0) is 8.27. The van der Waals surface area contributed by atoms with Crippen molar-refractivity contribution < 1.29 is 4.79 Å². The monoisotopic (exact) mass is 172 g/mol. The predicted molar refractivity (Wildman–Crippen MR) is 46.6 cm³/mol. The lowest BCUT2D eigenvalue weighted by molar-refractivity contribution is -0.115. The second-order valence-corrected chi connectivity index (χ2v) is 3.37. The largest absolute Gasteiger partial charge is 0.294 e. The summed E-state index contributed by atoms with van der Waals surface area (Å²) >= 11 is 5.87. The van der Waals surface area contributed by atoms with Crippen LogP contribution in [-0.2, 0) is 4.79 Å². The highest BCUT2D eigenvalue weighted by Gasteiger charge is 2.20. The van der Waals surface area contributed by atoms with Gasteiger partial charge in [-0.2, -0.15) is 0 Å². The zero-order valence-electron chi connectivity index (χ0n) is 6.82. The molecule has 1 aliphatic carbocycles. The molecule has 2 heteroatoms. The van der Waals surface area contributed by atoms with Gasteiger partial charge in [0.1, 0.15) is 0 Å². The third-order valence-corrected chi connectivity index (χ3v) is 2.43. The first-order valence-electron chi connectivity index (χ1n) is 4.16. The van der Waals surface area contributed by atoms with Crippen LogP contribution < -0.4 is 0 Å². The van der Waals surface area contributed by atoms with E-state index >= 15 is 0 Å². The van der Waals surface area contributed by atoms with Crippen LogP contribution in [-0.4, -0.2) is 5.78 Å². The maximum Gasteiger partial charge on any atom is 0.160 e. The molecule has 0 unspecified atom stereocenters. The van der Waals surface area contributed by atoms with Gasteiger partial charge in [0, 0.05) is 17.0 Å². The number of unbranched alkanes of at least 4 members (excludes halogenated alkanes) is 1. The molecule has 62 valence electrons. The van der Waals surface area contributed by atoms with E-state index in [4.69, 9.17) is 11.6 Å². The lowest BCUT2D eigenvalue weighted by Crippen LogP contribution is -1.95. The van der Waals surface area contributed by atoms with Crippen LogP contribution in [0.3, 0.4) is 0 Å². The van der Waals surface area contributed by atoms with Crippen molar-refractivity contribution in [3.05, 3.63) is 10.6 Å². The molecular formula is C9H13ClO. The number of halogens is 1. The standard InChI is InChI=1S/C9H13ClO/c1-2-3-4-7-8(10)5-6-9(7)11/h2-6H2,1H3. The van der Waals surface area contributed by atoms with Gasteiger partial charge in [0.15, 0.2) is 5.78 Å². The maximum absolute atomic E-state index is 11.1. The van der Waals surface area contributed by atoms with Crippen LogP contribution in [0.1, 0.15) is 39.0 Å². The summed E-state index contributed by atoms with van der Waals surface area (Å²) in [4.78, 5) is 11.1. The van der Waals surface area contributed by atoms with E-state index in [9.17, 15) is 4.79 Å². The van der Waals surface area contributed by atoms with Crippen LogP contribution in [0.15, 0.2) is 10.6 Å². The molecule has 0 fully saturated rings. The van der Waals surface area contributed by atoms with E-state index in [-0.39, 0.29) is 5.78 Å². The van der Waals surface area contributed by atoms with E-state index in [0.29, 0.717) is 6.42 Å². The molecule has 1 aliphatic rings. The van der Waals surface area contributed by atoms with Gasteiger partial charge in [-0.05, 0) is 19.3 Å². The van der Waals surface area contributed by atoms with Crippen LogP contribution in [0.4, 0.5) is 0 Å². The maximum atomic E-state index is 11.1. The molecule has 0 N–H and O–H groups in total. The van der Waals surface area contributed by atoms with Crippen LogP contribution in [0.25, 0.3) is 0 Å². The van der Waals surface area contributed by atoms with Gasteiger partial charge >= 0.3 is 0 Å². The number of carbonyl (C=O) groups is 1. The van der Waals surface area contributed by atoms with Crippen molar-refractivity contribution in [3.63, 3.8) is 0 Å². The number of hydrogen-bond acceptors (Lipinski definition) is 1. The normalized spacial score (nSPS) is 18.2. The molecule has 1 nitrogen and oxygen atoms in total. The van der Waals surface area contributed by atoms with Crippen molar-refractivity contribution in [1.29, 1.82) is 0 Å². The highest BCUT2D eigenvalue weighted by atomic mass is 35.5. The van der Waals surface area contributed by atoms with Crippen LogP contribution >= 0.6 is 11.6 Å². The van der Waals surface area contributed by atoms with Crippen molar-refractivity contribution in [2.75, 3.05) is 0 Å². The number of Topliss-reactive ketones (excluding diaryl/α,β-unsaturated/α-hetero) is 1. The van der Waals surface area contributed by atoms with Crippen molar-refractivity contribution in [2.24, 2.45) is 0 Å². The molecule has 0 aromatic rings. The molecule has 0 aromatic carbocycles. The Kier molecular flexibility index (Phi) is 3.13. The Balaban J connectivity index is 2.53. The average molecular weight is 173 g/mol. The second kappa shape index (κ2) is 3.91. The van der Waals surface area contributed by atoms with Gasteiger partial charge < -0.3 is 0 Å². The van der Waals surface area contributed by atoms with E-state index < -0.39 is 0 Å². The summed E-state index contributed by atoms with van der Waals surface area (Å²) in [6.45, 7) is 2.12. The molecule has 0 bridgehead atoms. The minimum absolute atomic E-state index is 0.267. The minimum atomic E-state index is 0.267. The molecule has 1 rings (SSSR count). The first-order valence-corrected chi connectivity index (χ1v) is 4.54. The fourth-order valence-electron chi connectivity index (χ4n) is 1.30. The van der Waals surface area contributed by atoms with Gasteiger partial charge in [-0.1, -0.05) is 24.9 Å². The molecule has 11 heavy (non-hydrogen) atoms. The molecule has 0 saturated carbocycles. The van der Waals surface area contributed by atoms with Crippen molar-refractivity contribution >= 4 is 17.4 Å². The van der Waals surface area contributed by atoms with E-state index in [0.717, 1.165) is 36.3 Å². The Bertz CT molecular complexity index is 194. The highest BCUT2D eigenvalue weighted by Crippen LogP contribution is 2.29. The molecule has 0 saturated heterocycles. The van der Waals surface area contributed by atoms with E-state index in [1.54, 1.807) is 0 Å². The van der Waals surface area contributed by atoms with Crippen molar-refractivity contribution in [1.82, 2.24) is 0 Å². The number of rotatable bonds is 3.